The van der Waals surface area contributed by atoms with Crippen LogP contribution in [0.1, 0.15) is 23.2 Å². The minimum absolute atomic E-state index is 0.0127. The molecule has 0 saturated carbocycles. The molecule has 2 aromatic rings. The zero-order chi connectivity index (χ0) is 18.9. The van der Waals surface area contributed by atoms with Crippen LogP contribution in [0.15, 0.2) is 41.3 Å². The van der Waals surface area contributed by atoms with Crippen LogP contribution in [0.25, 0.3) is 0 Å². The third-order valence-electron chi connectivity index (χ3n) is 3.95. The van der Waals surface area contributed by atoms with Gasteiger partial charge in [0.2, 0.25) is 10.0 Å². The summed E-state index contributed by atoms with van der Waals surface area (Å²) in [5.41, 5.74) is -0.0723. The van der Waals surface area contributed by atoms with E-state index in [9.17, 15) is 22.0 Å². The molecule has 2 aromatic carbocycles. The van der Waals surface area contributed by atoms with E-state index >= 15 is 0 Å². The largest absolute Gasteiger partial charge is 0.423 e. The van der Waals surface area contributed by atoms with Crippen molar-refractivity contribution >= 4 is 27.6 Å². The van der Waals surface area contributed by atoms with Gasteiger partial charge in [-0.05, 0) is 43.2 Å². The first kappa shape index (κ1) is 18.8. The van der Waals surface area contributed by atoms with Crippen LogP contribution in [-0.2, 0) is 10.0 Å². The molecule has 1 aliphatic rings. The van der Waals surface area contributed by atoms with Gasteiger partial charge in [-0.3, -0.25) is 0 Å². The maximum Gasteiger partial charge on any atom is 0.343 e. The average Bonchev–Trinajstić information content (AvgIpc) is 3.14. The number of halogens is 3. The standard InChI is InChI=1S/C17H14ClF2NO4S/c18-13-5-3-11(9-16(13)26(23,24)21-7-1-2-8-21)17(22)25-12-4-6-14(19)15(20)10-12/h3-6,9-10H,1-2,7-8H2. The van der Waals surface area contributed by atoms with Crippen molar-refractivity contribution in [1.29, 1.82) is 0 Å². The van der Waals surface area contributed by atoms with Crippen LogP contribution in [0.2, 0.25) is 5.02 Å². The Morgan fingerprint density at radius 1 is 1.04 bits per heavy atom. The van der Waals surface area contributed by atoms with E-state index in [1.807, 2.05) is 0 Å². The summed E-state index contributed by atoms with van der Waals surface area (Å²) in [6, 6.07) is 6.35. The van der Waals surface area contributed by atoms with E-state index in [-0.39, 0.29) is 21.2 Å². The van der Waals surface area contributed by atoms with Gasteiger partial charge in [0, 0.05) is 19.2 Å². The quantitative estimate of drug-likeness (QED) is 0.580. The molecule has 26 heavy (non-hydrogen) atoms. The second-order valence-electron chi connectivity index (χ2n) is 5.72. The van der Waals surface area contributed by atoms with Crippen molar-refractivity contribution in [3.05, 3.63) is 58.6 Å². The molecule has 9 heteroatoms. The van der Waals surface area contributed by atoms with E-state index in [1.54, 1.807) is 0 Å². The van der Waals surface area contributed by atoms with E-state index in [0.717, 1.165) is 37.1 Å². The van der Waals surface area contributed by atoms with Crippen LogP contribution in [0, 0.1) is 11.6 Å². The molecule has 0 aromatic heterocycles. The van der Waals surface area contributed by atoms with Gasteiger partial charge >= 0.3 is 5.97 Å². The molecule has 1 fully saturated rings. The molecular formula is C17H14ClF2NO4S. The first-order chi connectivity index (χ1) is 12.3. The molecule has 1 aliphatic heterocycles. The van der Waals surface area contributed by atoms with Gasteiger partial charge in [-0.15, -0.1) is 0 Å². The summed E-state index contributed by atoms with van der Waals surface area (Å²) in [7, 11) is -3.83. The lowest BCUT2D eigenvalue weighted by Crippen LogP contribution is -2.28. The molecule has 5 nitrogen and oxygen atoms in total. The molecule has 0 N–H and O–H groups in total. The maximum atomic E-state index is 13.2. The summed E-state index contributed by atoms with van der Waals surface area (Å²) < 4.78 is 57.8. The van der Waals surface area contributed by atoms with Gasteiger partial charge in [0.15, 0.2) is 11.6 Å². The Balaban J connectivity index is 1.89. The van der Waals surface area contributed by atoms with Gasteiger partial charge in [-0.1, -0.05) is 11.6 Å². The number of ether oxygens (including phenoxy) is 1. The van der Waals surface area contributed by atoms with Crippen molar-refractivity contribution in [2.24, 2.45) is 0 Å². The molecule has 1 saturated heterocycles. The van der Waals surface area contributed by atoms with Gasteiger partial charge in [0.1, 0.15) is 10.6 Å². The second-order valence-corrected chi connectivity index (χ2v) is 8.04. The average molecular weight is 402 g/mol. The molecule has 1 heterocycles. The van der Waals surface area contributed by atoms with Gasteiger partial charge in [0.05, 0.1) is 10.6 Å². The highest BCUT2D eigenvalue weighted by atomic mass is 35.5. The van der Waals surface area contributed by atoms with Gasteiger partial charge in [-0.25, -0.2) is 22.0 Å². The zero-order valence-electron chi connectivity index (χ0n) is 13.4. The number of carbonyl (C=O) groups is 1. The number of esters is 1. The summed E-state index contributed by atoms with van der Waals surface area (Å²) in [4.78, 5) is 12.0. The van der Waals surface area contributed by atoms with Crippen molar-refractivity contribution in [2.75, 3.05) is 13.1 Å². The monoisotopic (exact) mass is 401 g/mol. The zero-order valence-corrected chi connectivity index (χ0v) is 15.0. The summed E-state index contributed by atoms with van der Waals surface area (Å²) in [5.74, 6) is -3.35. The van der Waals surface area contributed by atoms with E-state index in [4.69, 9.17) is 16.3 Å². The minimum Gasteiger partial charge on any atom is -0.423 e. The van der Waals surface area contributed by atoms with Crippen LogP contribution >= 0.6 is 11.6 Å². The SMILES string of the molecule is O=C(Oc1ccc(F)c(F)c1)c1ccc(Cl)c(S(=O)(=O)N2CCCC2)c1. The molecule has 0 radical (unpaired) electrons. The Labute approximate surface area is 154 Å². The molecule has 3 rings (SSSR count). The van der Waals surface area contributed by atoms with Gasteiger partial charge in [0.25, 0.3) is 0 Å². The van der Waals surface area contributed by atoms with Crippen LogP contribution < -0.4 is 4.74 Å². The highest BCUT2D eigenvalue weighted by molar-refractivity contribution is 7.89. The Kier molecular flexibility index (Phi) is 5.27. The van der Waals surface area contributed by atoms with Crippen molar-refractivity contribution in [1.82, 2.24) is 4.31 Å². The highest BCUT2D eigenvalue weighted by Gasteiger charge is 2.30. The fourth-order valence-corrected chi connectivity index (χ4v) is 4.62. The Hall–Kier alpha value is -2.03. The van der Waals surface area contributed by atoms with E-state index in [1.165, 1.54) is 16.4 Å². The first-order valence-electron chi connectivity index (χ1n) is 7.76. The molecule has 0 bridgehead atoms. The van der Waals surface area contributed by atoms with Crippen molar-refractivity contribution in [3.63, 3.8) is 0 Å². The van der Waals surface area contributed by atoms with Gasteiger partial charge in [-0.2, -0.15) is 4.31 Å². The second kappa shape index (κ2) is 7.30. The number of sulfonamides is 1. The van der Waals surface area contributed by atoms with E-state index in [2.05, 4.69) is 0 Å². The van der Waals surface area contributed by atoms with Crippen LogP contribution in [-0.4, -0.2) is 31.8 Å². The van der Waals surface area contributed by atoms with Crippen molar-refractivity contribution in [3.8, 4) is 5.75 Å². The predicted molar refractivity (Wildman–Crippen MR) is 90.8 cm³/mol. The maximum absolute atomic E-state index is 13.2. The fourth-order valence-electron chi connectivity index (χ4n) is 2.60. The lowest BCUT2D eigenvalue weighted by Gasteiger charge is -2.17. The fraction of sp³-hybridized carbons (Fsp3) is 0.235. The Morgan fingerprint density at radius 2 is 1.73 bits per heavy atom. The summed E-state index contributed by atoms with van der Waals surface area (Å²) >= 11 is 6.01. The minimum atomic E-state index is -3.83. The topological polar surface area (TPSA) is 63.7 Å². The number of rotatable bonds is 4. The normalized spacial score (nSPS) is 15.2. The lowest BCUT2D eigenvalue weighted by molar-refractivity contribution is 0.0734. The number of benzene rings is 2. The van der Waals surface area contributed by atoms with Crippen LogP contribution in [0.4, 0.5) is 8.78 Å². The number of nitrogens with zero attached hydrogens (tertiary/aromatic N) is 1. The predicted octanol–water partition coefficient (Wildman–Crippen LogP) is 3.62. The highest BCUT2D eigenvalue weighted by Crippen LogP contribution is 2.28. The summed E-state index contributed by atoms with van der Waals surface area (Å²) in [6.07, 6.45) is 1.52. The molecule has 0 amide bonds. The number of carbonyl (C=O) groups excluding carboxylic acids is 1. The Morgan fingerprint density at radius 3 is 2.38 bits per heavy atom. The molecule has 0 atom stereocenters. The van der Waals surface area contributed by atoms with Crippen molar-refractivity contribution in [2.45, 2.75) is 17.7 Å². The third-order valence-corrected chi connectivity index (χ3v) is 6.33. The molecule has 0 spiro atoms. The van der Waals surface area contributed by atoms with Crippen molar-refractivity contribution < 1.29 is 26.7 Å². The molecule has 138 valence electrons. The molecule has 0 aliphatic carbocycles. The Bertz CT molecular complexity index is 959. The smallest absolute Gasteiger partial charge is 0.343 e. The van der Waals surface area contributed by atoms with Gasteiger partial charge < -0.3 is 4.74 Å². The van der Waals surface area contributed by atoms with E-state index in [0.29, 0.717) is 13.1 Å². The third kappa shape index (κ3) is 3.72. The van der Waals surface area contributed by atoms with Crippen LogP contribution in [0.5, 0.6) is 5.75 Å². The summed E-state index contributed by atoms with van der Waals surface area (Å²) in [5, 5.41) is -0.0127. The number of hydrogen-bond acceptors (Lipinski definition) is 4. The number of hydrogen-bond donors (Lipinski definition) is 0. The van der Waals surface area contributed by atoms with E-state index < -0.39 is 27.6 Å². The van der Waals surface area contributed by atoms with Crippen LogP contribution in [0.3, 0.4) is 0 Å². The first-order valence-corrected chi connectivity index (χ1v) is 9.58. The summed E-state index contributed by atoms with van der Waals surface area (Å²) in [6.45, 7) is 0.782. The molecular weight excluding hydrogens is 388 g/mol. The lowest BCUT2D eigenvalue weighted by atomic mass is 10.2. The molecule has 0 unspecified atom stereocenters.